The molecule has 1 aromatic rings. The summed E-state index contributed by atoms with van der Waals surface area (Å²) in [6.07, 6.45) is 6.55. The Kier molecular flexibility index (Phi) is 4.22. The molecule has 1 aromatic carbocycles. The number of hydrogen-bond acceptors (Lipinski definition) is 1. The molecule has 1 heteroatoms. The Morgan fingerprint density at radius 2 is 1.82 bits per heavy atom. The van der Waals surface area contributed by atoms with Crippen LogP contribution in [0, 0.1) is 5.92 Å². The first-order valence-corrected chi connectivity index (χ1v) is 6.92. The fourth-order valence-electron chi connectivity index (χ4n) is 2.42. The average molecular weight is 232 g/mol. The van der Waals surface area contributed by atoms with E-state index in [1.54, 1.807) is 0 Å². The summed E-state index contributed by atoms with van der Waals surface area (Å²) < 4.78 is 5.71. The minimum absolute atomic E-state index is 0.0824. The third-order valence-corrected chi connectivity index (χ3v) is 3.65. The highest BCUT2D eigenvalue weighted by molar-refractivity contribution is 5.26. The minimum atomic E-state index is 0.0824. The normalized spacial score (nSPS) is 23.0. The topological polar surface area (TPSA) is 12.5 Å². The molecule has 17 heavy (non-hydrogen) atoms. The molecule has 0 aromatic heterocycles. The molecule has 0 saturated carbocycles. The van der Waals surface area contributed by atoms with Crippen LogP contribution in [0.1, 0.15) is 51.5 Å². The fourth-order valence-corrected chi connectivity index (χ4v) is 2.42. The predicted octanol–water partition coefficient (Wildman–Crippen LogP) is 4.52. The lowest BCUT2D eigenvalue weighted by molar-refractivity contribution is 0.284. The average Bonchev–Trinajstić information content (AvgIpc) is 3.11. The Hall–Kier alpha value is -0.820. The van der Waals surface area contributed by atoms with Crippen LogP contribution in [0.4, 0.5) is 0 Å². The molecule has 1 saturated heterocycles. The van der Waals surface area contributed by atoms with Gasteiger partial charge in [-0.3, -0.25) is 0 Å². The Labute approximate surface area is 105 Å². The van der Waals surface area contributed by atoms with E-state index in [0.717, 1.165) is 12.5 Å². The van der Waals surface area contributed by atoms with Crippen molar-refractivity contribution in [2.75, 3.05) is 6.61 Å². The Morgan fingerprint density at radius 3 is 2.41 bits per heavy atom. The van der Waals surface area contributed by atoms with E-state index < -0.39 is 0 Å². The zero-order valence-corrected chi connectivity index (χ0v) is 11.1. The summed E-state index contributed by atoms with van der Waals surface area (Å²) >= 11 is 0. The van der Waals surface area contributed by atoms with Crippen LogP contribution in [0.3, 0.4) is 0 Å². The molecule has 1 aliphatic heterocycles. The maximum atomic E-state index is 5.71. The van der Waals surface area contributed by atoms with E-state index in [4.69, 9.17) is 4.74 Å². The van der Waals surface area contributed by atoms with Crippen LogP contribution >= 0.6 is 0 Å². The third kappa shape index (κ3) is 3.57. The second-order valence-electron chi connectivity index (χ2n) is 5.64. The Balaban J connectivity index is 1.72. The molecular formula is C16H24O. The van der Waals surface area contributed by atoms with Crippen molar-refractivity contribution in [2.24, 2.45) is 5.92 Å². The molecule has 1 fully saturated rings. The lowest BCUT2D eigenvalue weighted by atomic mass is 9.93. The number of ether oxygens (including phenoxy) is 1. The van der Waals surface area contributed by atoms with Gasteiger partial charge in [0.15, 0.2) is 0 Å². The van der Waals surface area contributed by atoms with Crippen LogP contribution in [-0.4, -0.2) is 6.61 Å². The first-order chi connectivity index (χ1) is 8.23. The van der Waals surface area contributed by atoms with Crippen molar-refractivity contribution in [3.05, 3.63) is 35.9 Å². The maximum absolute atomic E-state index is 5.71. The van der Waals surface area contributed by atoms with E-state index in [1.165, 1.54) is 37.7 Å². The van der Waals surface area contributed by atoms with Crippen molar-refractivity contribution >= 4 is 0 Å². The van der Waals surface area contributed by atoms with Crippen LogP contribution in [0.2, 0.25) is 0 Å². The van der Waals surface area contributed by atoms with Gasteiger partial charge >= 0.3 is 0 Å². The Bertz CT molecular complexity index is 325. The largest absolute Gasteiger partial charge is 0.365 e. The van der Waals surface area contributed by atoms with Gasteiger partial charge in [0.1, 0.15) is 5.60 Å². The molecule has 2 rings (SSSR count). The van der Waals surface area contributed by atoms with Gasteiger partial charge < -0.3 is 4.74 Å². The monoisotopic (exact) mass is 232 g/mol. The zero-order valence-electron chi connectivity index (χ0n) is 11.1. The lowest BCUT2D eigenvalue weighted by Gasteiger charge is -2.12. The van der Waals surface area contributed by atoms with E-state index in [1.807, 2.05) is 0 Å². The summed E-state index contributed by atoms with van der Waals surface area (Å²) in [5, 5.41) is 0. The van der Waals surface area contributed by atoms with Gasteiger partial charge in [0.05, 0.1) is 6.61 Å². The summed E-state index contributed by atoms with van der Waals surface area (Å²) in [6, 6.07) is 10.7. The highest BCUT2D eigenvalue weighted by atomic mass is 16.6. The molecule has 94 valence electrons. The standard InChI is InChI=1S/C16H24O/c1-14(2)9-5-4-8-12-16(13-17-16)15-10-6-3-7-11-15/h3,6-7,10-11,14H,4-5,8-9,12-13H2,1-2H3. The molecule has 0 amide bonds. The van der Waals surface area contributed by atoms with Crippen LogP contribution in [0.15, 0.2) is 30.3 Å². The van der Waals surface area contributed by atoms with Crippen molar-refractivity contribution in [2.45, 2.75) is 51.6 Å². The van der Waals surface area contributed by atoms with Crippen LogP contribution in [0.5, 0.6) is 0 Å². The minimum Gasteiger partial charge on any atom is -0.365 e. The van der Waals surface area contributed by atoms with Crippen molar-refractivity contribution in [1.82, 2.24) is 0 Å². The SMILES string of the molecule is CC(C)CCCCCC1(c2ccccc2)CO1. The first-order valence-electron chi connectivity index (χ1n) is 6.92. The lowest BCUT2D eigenvalue weighted by Crippen LogP contribution is -2.08. The molecule has 0 aliphatic carbocycles. The van der Waals surface area contributed by atoms with Gasteiger partial charge in [-0.05, 0) is 17.9 Å². The summed E-state index contributed by atoms with van der Waals surface area (Å²) in [7, 11) is 0. The third-order valence-electron chi connectivity index (χ3n) is 3.65. The maximum Gasteiger partial charge on any atom is 0.117 e. The van der Waals surface area contributed by atoms with Gasteiger partial charge in [-0.1, -0.05) is 69.9 Å². The van der Waals surface area contributed by atoms with Crippen molar-refractivity contribution in [1.29, 1.82) is 0 Å². The molecule has 1 nitrogen and oxygen atoms in total. The molecule has 1 heterocycles. The van der Waals surface area contributed by atoms with E-state index in [9.17, 15) is 0 Å². The molecule has 1 unspecified atom stereocenters. The number of hydrogen-bond donors (Lipinski definition) is 0. The van der Waals surface area contributed by atoms with Gasteiger partial charge in [-0.2, -0.15) is 0 Å². The van der Waals surface area contributed by atoms with E-state index in [-0.39, 0.29) is 5.60 Å². The van der Waals surface area contributed by atoms with Gasteiger partial charge in [0.25, 0.3) is 0 Å². The molecule has 1 atom stereocenters. The number of unbranched alkanes of at least 4 members (excludes halogenated alkanes) is 2. The highest BCUT2D eigenvalue weighted by Gasteiger charge is 2.45. The Morgan fingerprint density at radius 1 is 1.12 bits per heavy atom. The molecule has 0 spiro atoms. The number of rotatable bonds is 7. The van der Waals surface area contributed by atoms with E-state index in [0.29, 0.717) is 0 Å². The van der Waals surface area contributed by atoms with Gasteiger partial charge in [-0.25, -0.2) is 0 Å². The van der Waals surface area contributed by atoms with E-state index >= 15 is 0 Å². The quantitative estimate of drug-likeness (QED) is 0.497. The molecule has 0 radical (unpaired) electrons. The summed E-state index contributed by atoms with van der Waals surface area (Å²) in [5.41, 5.74) is 1.45. The predicted molar refractivity (Wildman–Crippen MR) is 72.0 cm³/mol. The summed E-state index contributed by atoms with van der Waals surface area (Å²) in [5.74, 6) is 0.843. The number of benzene rings is 1. The number of epoxide rings is 1. The van der Waals surface area contributed by atoms with Crippen molar-refractivity contribution < 1.29 is 4.74 Å². The second kappa shape index (κ2) is 5.68. The molecule has 1 aliphatic rings. The molecule has 0 N–H and O–H groups in total. The second-order valence-corrected chi connectivity index (χ2v) is 5.64. The van der Waals surface area contributed by atoms with Gasteiger partial charge in [0, 0.05) is 0 Å². The highest BCUT2D eigenvalue weighted by Crippen LogP contribution is 2.43. The molecular weight excluding hydrogens is 208 g/mol. The summed E-state index contributed by atoms with van der Waals surface area (Å²) in [4.78, 5) is 0. The van der Waals surface area contributed by atoms with Crippen LogP contribution in [0.25, 0.3) is 0 Å². The summed E-state index contributed by atoms with van der Waals surface area (Å²) in [6.45, 7) is 5.52. The fraction of sp³-hybridized carbons (Fsp3) is 0.625. The molecule has 0 bridgehead atoms. The van der Waals surface area contributed by atoms with Crippen LogP contribution < -0.4 is 0 Å². The zero-order chi connectivity index (χ0) is 12.1. The van der Waals surface area contributed by atoms with Gasteiger partial charge in [0.2, 0.25) is 0 Å². The van der Waals surface area contributed by atoms with Crippen molar-refractivity contribution in [3.8, 4) is 0 Å². The van der Waals surface area contributed by atoms with Crippen molar-refractivity contribution in [3.63, 3.8) is 0 Å². The van der Waals surface area contributed by atoms with E-state index in [2.05, 4.69) is 44.2 Å². The first kappa shape index (κ1) is 12.6. The van der Waals surface area contributed by atoms with Crippen LogP contribution in [-0.2, 0) is 10.3 Å². The van der Waals surface area contributed by atoms with Gasteiger partial charge in [-0.15, -0.1) is 0 Å². The smallest absolute Gasteiger partial charge is 0.117 e.